The first-order chi connectivity index (χ1) is 10.9. The van der Waals surface area contributed by atoms with Crippen LogP contribution in [0, 0.1) is 6.92 Å². The third kappa shape index (κ3) is 4.23. The molecule has 0 bridgehead atoms. The van der Waals surface area contributed by atoms with Gasteiger partial charge >= 0.3 is 0 Å². The Morgan fingerprint density at radius 3 is 2.43 bits per heavy atom. The predicted molar refractivity (Wildman–Crippen MR) is 89.9 cm³/mol. The molecule has 6 heteroatoms. The molecule has 0 saturated carbocycles. The summed E-state index contributed by atoms with van der Waals surface area (Å²) in [5.74, 6) is -0.326. The molecule has 1 unspecified atom stereocenters. The van der Waals surface area contributed by atoms with Crippen molar-refractivity contribution in [2.75, 3.05) is 5.32 Å². The van der Waals surface area contributed by atoms with E-state index in [0.29, 0.717) is 27.6 Å². The van der Waals surface area contributed by atoms with Gasteiger partial charge in [0.15, 0.2) is 6.10 Å². The summed E-state index contributed by atoms with van der Waals surface area (Å²) in [6.07, 6.45) is -0.715. The zero-order valence-corrected chi connectivity index (χ0v) is 13.6. The molecule has 120 valence electrons. The highest BCUT2D eigenvalue weighted by Gasteiger charge is 2.17. The molecule has 23 heavy (non-hydrogen) atoms. The molecule has 0 aromatic heterocycles. The molecular formula is C17H17ClN2O3. The minimum absolute atomic E-state index is 0.329. The number of carbonyl (C=O) groups is 2. The van der Waals surface area contributed by atoms with Gasteiger partial charge in [-0.2, -0.15) is 0 Å². The molecule has 0 saturated heterocycles. The lowest BCUT2D eigenvalue weighted by atomic mass is 10.1. The number of nitrogens with two attached hydrogens (primary N) is 1. The van der Waals surface area contributed by atoms with Crippen LogP contribution in [0.4, 0.5) is 5.69 Å². The van der Waals surface area contributed by atoms with Crippen molar-refractivity contribution in [2.45, 2.75) is 20.0 Å². The number of carbonyl (C=O) groups excluding carboxylic acids is 2. The fourth-order valence-electron chi connectivity index (χ4n) is 2.04. The largest absolute Gasteiger partial charge is 0.481 e. The predicted octanol–water partition coefficient (Wildman–Crippen LogP) is 3.15. The monoisotopic (exact) mass is 332 g/mol. The van der Waals surface area contributed by atoms with Crippen LogP contribution in [-0.4, -0.2) is 17.9 Å². The lowest BCUT2D eigenvalue weighted by Crippen LogP contribution is -2.30. The van der Waals surface area contributed by atoms with E-state index in [0.717, 1.165) is 0 Å². The van der Waals surface area contributed by atoms with Gasteiger partial charge in [-0.05, 0) is 55.8 Å². The number of rotatable bonds is 5. The highest BCUT2D eigenvalue weighted by molar-refractivity contribution is 6.30. The summed E-state index contributed by atoms with van der Waals surface area (Å²) >= 11 is 5.80. The molecular weight excluding hydrogens is 316 g/mol. The summed E-state index contributed by atoms with van der Waals surface area (Å²) in [6, 6.07) is 11.7. The summed E-state index contributed by atoms with van der Waals surface area (Å²) in [6.45, 7) is 3.36. The Hall–Kier alpha value is -2.53. The van der Waals surface area contributed by atoms with Gasteiger partial charge in [0.2, 0.25) is 5.91 Å². The van der Waals surface area contributed by atoms with E-state index in [1.165, 1.54) is 0 Å². The quantitative estimate of drug-likeness (QED) is 0.882. The molecule has 0 spiro atoms. The number of hydrogen-bond acceptors (Lipinski definition) is 3. The Kier molecular flexibility index (Phi) is 5.24. The average Bonchev–Trinajstić information content (AvgIpc) is 2.51. The lowest BCUT2D eigenvalue weighted by Gasteiger charge is -2.16. The van der Waals surface area contributed by atoms with E-state index >= 15 is 0 Å². The Bertz CT molecular complexity index is 729. The van der Waals surface area contributed by atoms with E-state index in [2.05, 4.69) is 5.32 Å². The van der Waals surface area contributed by atoms with Crippen LogP contribution in [0.3, 0.4) is 0 Å². The van der Waals surface area contributed by atoms with Gasteiger partial charge in [-0.1, -0.05) is 17.7 Å². The normalized spacial score (nSPS) is 11.6. The molecule has 2 rings (SSSR count). The second-order valence-electron chi connectivity index (χ2n) is 5.05. The molecule has 2 aromatic carbocycles. The van der Waals surface area contributed by atoms with Crippen molar-refractivity contribution in [3.8, 4) is 5.75 Å². The molecule has 0 aliphatic rings. The van der Waals surface area contributed by atoms with Crippen molar-refractivity contribution >= 4 is 29.1 Å². The number of amides is 2. The standard InChI is InChI=1S/C17H17ClN2O3/c1-10-14(16(19)21)4-3-5-15(10)20-17(22)11(2)23-13-8-6-12(18)7-9-13/h3-9,11H,1-2H3,(H2,19,21)(H,20,22). The van der Waals surface area contributed by atoms with Crippen LogP contribution >= 0.6 is 11.6 Å². The lowest BCUT2D eigenvalue weighted by molar-refractivity contribution is -0.122. The van der Waals surface area contributed by atoms with Crippen LogP contribution in [0.1, 0.15) is 22.8 Å². The topological polar surface area (TPSA) is 81.4 Å². The molecule has 1 atom stereocenters. The number of anilines is 1. The van der Waals surface area contributed by atoms with Gasteiger partial charge in [0, 0.05) is 16.3 Å². The maximum absolute atomic E-state index is 12.2. The smallest absolute Gasteiger partial charge is 0.265 e. The summed E-state index contributed by atoms with van der Waals surface area (Å²) in [7, 11) is 0. The van der Waals surface area contributed by atoms with Crippen LogP contribution < -0.4 is 15.8 Å². The van der Waals surface area contributed by atoms with Crippen molar-refractivity contribution in [2.24, 2.45) is 5.73 Å². The molecule has 0 heterocycles. The van der Waals surface area contributed by atoms with Gasteiger partial charge in [0.25, 0.3) is 5.91 Å². The van der Waals surface area contributed by atoms with Crippen LogP contribution in [0.5, 0.6) is 5.75 Å². The summed E-state index contributed by atoms with van der Waals surface area (Å²) in [5.41, 5.74) is 6.81. The zero-order chi connectivity index (χ0) is 17.0. The van der Waals surface area contributed by atoms with Crippen LogP contribution in [0.25, 0.3) is 0 Å². The van der Waals surface area contributed by atoms with Gasteiger partial charge in [-0.3, -0.25) is 9.59 Å². The highest BCUT2D eigenvalue weighted by Crippen LogP contribution is 2.20. The van der Waals surface area contributed by atoms with E-state index in [4.69, 9.17) is 22.1 Å². The molecule has 0 aliphatic heterocycles. The Labute approximate surface area is 139 Å². The average molecular weight is 333 g/mol. The first kappa shape index (κ1) is 16.8. The fourth-order valence-corrected chi connectivity index (χ4v) is 2.17. The second kappa shape index (κ2) is 7.15. The number of nitrogens with one attached hydrogen (secondary N) is 1. The van der Waals surface area contributed by atoms with E-state index in [9.17, 15) is 9.59 Å². The Balaban J connectivity index is 2.08. The second-order valence-corrected chi connectivity index (χ2v) is 5.48. The maximum atomic E-state index is 12.2. The molecule has 2 amide bonds. The number of ether oxygens (including phenoxy) is 1. The fraction of sp³-hybridized carbons (Fsp3) is 0.176. The van der Waals surface area contributed by atoms with E-state index in [-0.39, 0.29) is 5.91 Å². The molecule has 5 nitrogen and oxygen atoms in total. The summed E-state index contributed by atoms with van der Waals surface area (Å²) in [4.78, 5) is 23.6. The summed E-state index contributed by atoms with van der Waals surface area (Å²) in [5, 5.41) is 3.33. The first-order valence-corrected chi connectivity index (χ1v) is 7.39. The minimum Gasteiger partial charge on any atom is -0.481 e. The molecule has 0 aliphatic carbocycles. The van der Waals surface area contributed by atoms with E-state index in [1.807, 2.05) is 0 Å². The van der Waals surface area contributed by atoms with Crippen molar-refractivity contribution in [1.29, 1.82) is 0 Å². The molecule has 0 radical (unpaired) electrons. The third-order valence-electron chi connectivity index (χ3n) is 3.35. The maximum Gasteiger partial charge on any atom is 0.265 e. The number of hydrogen-bond donors (Lipinski definition) is 2. The molecule has 3 N–H and O–H groups in total. The van der Waals surface area contributed by atoms with Crippen LogP contribution in [-0.2, 0) is 4.79 Å². The van der Waals surface area contributed by atoms with Crippen LogP contribution in [0.15, 0.2) is 42.5 Å². The van der Waals surface area contributed by atoms with Gasteiger partial charge in [-0.15, -0.1) is 0 Å². The van der Waals surface area contributed by atoms with Gasteiger partial charge in [0.05, 0.1) is 0 Å². The van der Waals surface area contributed by atoms with Crippen molar-refractivity contribution in [1.82, 2.24) is 0 Å². The molecule has 0 fully saturated rings. The first-order valence-electron chi connectivity index (χ1n) is 7.01. The number of primary amides is 1. The van der Waals surface area contributed by atoms with Crippen molar-refractivity contribution < 1.29 is 14.3 Å². The van der Waals surface area contributed by atoms with Crippen molar-refractivity contribution in [3.63, 3.8) is 0 Å². The van der Waals surface area contributed by atoms with Gasteiger partial charge in [-0.25, -0.2) is 0 Å². The van der Waals surface area contributed by atoms with Crippen molar-refractivity contribution in [3.05, 3.63) is 58.6 Å². The summed E-state index contributed by atoms with van der Waals surface area (Å²) < 4.78 is 5.56. The number of halogens is 1. The van der Waals surface area contributed by atoms with E-state index in [1.54, 1.807) is 56.3 Å². The molecule has 2 aromatic rings. The number of benzene rings is 2. The SMILES string of the molecule is Cc1c(NC(=O)C(C)Oc2ccc(Cl)cc2)cccc1C(N)=O. The Morgan fingerprint density at radius 1 is 1.17 bits per heavy atom. The van der Waals surface area contributed by atoms with Gasteiger partial charge < -0.3 is 15.8 Å². The van der Waals surface area contributed by atoms with Gasteiger partial charge in [0.1, 0.15) is 5.75 Å². The van der Waals surface area contributed by atoms with E-state index < -0.39 is 12.0 Å². The minimum atomic E-state index is -0.715. The Morgan fingerprint density at radius 2 is 1.83 bits per heavy atom. The zero-order valence-electron chi connectivity index (χ0n) is 12.8. The third-order valence-corrected chi connectivity index (χ3v) is 3.60. The van der Waals surface area contributed by atoms with Crippen LogP contribution in [0.2, 0.25) is 5.02 Å². The highest BCUT2D eigenvalue weighted by atomic mass is 35.5.